The van der Waals surface area contributed by atoms with Crippen molar-refractivity contribution in [1.29, 1.82) is 0 Å². The average molecular weight is 435 g/mol. The number of hydrogen-bond donors (Lipinski definition) is 2. The van der Waals surface area contributed by atoms with Crippen molar-refractivity contribution >= 4 is 17.3 Å². The Labute approximate surface area is 182 Å². The number of aliphatic imine (C=N–C) groups is 1. The molecule has 8 heteroatoms. The van der Waals surface area contributed by atoms with Crippen LogP contribution in [0.15, 0.2) is 46.8 Å². The predicted octanol–water partition coefficient (Wildman–Crippen LogP) is 3.20. The van der Waals surface area contributed by atoms with Crippen molar-refractivity contribution < 1.29 is 13.9 Å². The zero-order valence-electron chi connectivity index (χ0n) is 17.6. The summed E-state index contributed by atoms with van der Waals surface area (Å²) in [5.74, 6) is 0.496. The van der Waals surface area contributed by atoms with Gasteiger partial charge in [-0.05, 0) is 36.1 Å². The molecular weight excluding hydrogens is 403 g/mol. The van der Waals surface area contributed by atoms with Crippen molar-refractivity contribution in [2.75, 3.05) is 53.0 Å². The molecule has 1 saturated heterocycles. The molecular formula is C22H31FN4O2S. The van der Waals surface area contributed by atoms with Gasteiger partial charge in [-0.15, -0.1) is 11.3 Å². The molecule has 2 atom stereocenters. The smallest absolute Gasteiger partial charge is 0.191 e. The van der Waals surface area contributed by atoms with Crippen LogP contribution in [0.2, 0.25) is 0 Å². The Hall–Kier alpha value is -2.00. The molecule has 2 aromatic rings. The van der Waals surface area contributed by atoms with Gasteiger partial charge >= 0.3 is 0 Å². The third kappa shape index (κ3) is 6.50. The summed E-state index contributed by atoms with van der Waals surface area (Å²) in [6, 6.07) is 10.9. The maximum Gasteiger partial charge on any atom is 0.191 e. The summed E-state index contributed by atoms with van der Waals surface area (Å²) in [6.07, 6.45) is -0.193. The summed E-state index contributed by atoms with van der Waals surface area (Å²) in [5, 5.41) is 8.79. The molecule has 3 rings (SSSR count). The zero-order chi connectivity index (χ0) is 21.2. The van der Waals surface area contributed by atoms with Crippen LogP contribution >= 0.6 is 11.3 Å². The Balaban J connectivity index is 1.66. The molecule has 1 aromatic heterocycles. The number of hydrogen-bond acceptors (Lipinski definition) is 5. The normalized spacial score (nSPS) is 17.5. The molecule has 30 heavy (non-hydrogen) atoms. The van der Waals surface area contributed by atoms with Gasteiger partial charge in [0.15, 0.2) is 5.96 Å². The summed E-state index contributed by atoms with van der Waals surface area (Å²) < 4.78 is 24.3. The van der Waals surface area contributed by atoms with Crippen LogP contribution < -0.4 is 10.6 Å². The fourth-order valence-electron chi connectivity index (χ4n) is 3.48. The lowest BCUT2D eigenvalue weighted by atomic mass is 10.1. The fraction of sp³-hybridized carbons (Fsp3) is 0.500. The van der Waals surface area contributed by atoms with E-state index >= 15 is 0 Å². The minimum Gasteiger partial charge on any atom is -0.379 e. The van der Waals surface area contributed by atoms with E-state index < -0.39 is 0 Å². The molecule has 0 amide bonds. The standard InChI is InChI=1S/C22H31FN4O2S/c1-3-24-22(26-16-20(28-2)17-6-8-18(23)9-7-17)25-15-19(21-5-4-14-30-21)27-10-12-29-13-11-27/h4-9,14,19-20H,3,10-13,15-16H2,1-2H3,(H2,24,25,26). The first-order valence-electron chi connectivity index (χ1n) is 10.4. The molecule has 164 valence electrons. The highest BCUT2D eigenvalue weighted by molar-refractivity contribution is 7.10. The Kier molecular flexibility index (Phi) is 9.07. The first-order chi connectivity index (χ1) is 14.7. The monoisotopic (exact) mass is 434 g/mol. The molecule has 0 saturated carbocycles. The molecule has 1 aromatic carbocycles. The zero-order valence-corrected chi connectivity index (χ0v) is 18.5. The summed E-state index contributed by atoms with van der Waals surface area (Å²) in [6.45, 7) is 7.36. The van der Waals surface area contributed by atoms with Gasteiger partial charge in [0.1, 0.15) is 5.82 Å². The van der Waals surface area contributed by atoms with Crippen LogP contribution in [0, 0.1) is 5.82 Å². The Morgan fingerprint density at radius 3 is 2.63 bits per heavy atom. The minimum absolute atomic E-state index is 0.193. The minimum atomic E-state index is -0.251. The molecule has 6 nitrogen and oxygen atoms in total. The fourth-order valence-corrected chi connectivity index (χ4v) is 4.33. The number of thiophene rings is 1. The lowest BCUT2D eigenvalue weighted by molar-refractivity contribution is 0.0186. The number of benzene rings is 1. The highest BCUT2D eigenvalue weighted by atomic mass is 32.1. The van der Waals surface area contributed by atoms with E-state index in [1.807, 2.05) is 6.92 Å². The van der Waals surface area contributed by atoms with Crippen LogP contribution in [0.3, 0.4) is 0 Å². The number of ether oxygens (including phenoxy) is 2. The number of morpholine rings is 1. The molecule has 0 radical (unpaired) electrons. The second-order valence-electron chi connectivity index (χ2n) is 7.06. The molecule has 1 aliphatic heterocycles. The van der Waals surface area contributed by atoms with Crippen LogP contribution in [-0.4, -0.2) is 63.9 Å². The van der Waals surface area contributed by atoms with Crippen molar-refractivity contribution in [3.8, 4) is 0 Å². The number of guanidine groups is 1. The van der Waals surface area contributed by atoms with Crippen LogP contribution in [0.4, 0.5) is 4.39 Å². The van der Waals surface area contributed by atoms with Gasteiger partial charge in [0.2, 0.25) is 0 Å². The van der Waals surface area contributed by atoms with Crippen LogP contribution in [0.25, 0.3) is 0 Å². The molecule has 2 heterocycles. The quantitative estimate of drug-likeness (QED) is 0.469. The highest BCUT2D eigenvalue weighted by Gasteiger charge is 2.23. The van der Waals surface area contributed by atoms with Gasteiger partial charge in [-0.1, -0.05) is 18.2 Å². The lowest BCUT2D eigenvalue weighted by Crippen LogP contribution is -2.42. The largest absolute Gasteiger partial charge is 0.379 e. The van der Waals surface area contributed by atoms with Gasteiger partial charge in [0, 0.05) is 38.2 Å². The van der Waals surface area contributed by atoms with E-state index in [-0.39, 0.29) is 18.0 Å². The maximum atomic E-state index is 13.2. The molecule has 2 N–H and O–H groups in total. The molecule has 1 fully saturated rings. The topological polar surface area (TPSA) is 58.1 Å². The Bertz CT molecular complexity index is 764. The predicted molar refractivity (Wildman–Crippen MR) is 120 cm³/mol. The third-order valence-corrected chi connectivity index (χ3v) is 6.08. The van der Waals surface area contributed by atoms with Gasteiger partial charge in [-0.2, -0.15) is 0 Å². The summed E-state index contributed by atoms with van der Waals surface area (Å²) in [7, 11) is 1.66. The van der Waals surface area contributed by atoms with E-state index in [2.05, 4.69) is 33.0 Å². The van der Waals surface area contributed by atoms with E-state index in [4.69, 9.17) is 14.5 Å². The molecule has 1 aliphatic rings. The second-order valence-corrected chi connectivity index (χ2v) is 8.04. The Morgan fingerprint density at radius 2 is 2.00 bits per heavy atom. The summed E-state index contributed by atoms with van der Waals surface area (Å²) >= 11 is 1.77. The van der Waals surface area contributed by atoms with Gasteiger partial charge in [0.05, 0.1) is 31.9 Å². The van der Waals surface area contributed by atoms with Crippen molar-refractivity contribution in [3.63, 3.8) is 0 Å². The van der Waals surface area contributed by atoms with Crippen molar-refractivity contribution in [2.24, 2.45) is 4.99 Å². The number of rotatable bonds is 9. The van der Waals surface area contributed by atoms with E-state index in [9.17, 15) is 4.39 Å². The highest BCUT2D eigenvalue weighted by Crippen LogP contribution is 2.26. The average Bonchev–Trinajstić information content (AvgIpc) is 3.30. The van der Waals surface area contributed by atoms with E-state index in [1.54, 1.807) is 30.6 Å². The second kappa shape index (κ2) is 12.0. The number of nitrogens with zero attached hydrogens (tertiary/aromatic N) is 2. The molecule has 0 aliphatic carbocycles. The van der Waals surface area contributed by atoms with E-state index in [0.717, 1.165) is 44.4 Å². The van der Waals surface area contributed by atoms with E-state index in [0.29, 0.717) is 13.1 Å². The van der Waals surface area contributed by atoms with Crippen LogP contribution in [0.1, 0.15) is 29.5 Å². The lowest BCUT2D eigenvalue weighted by Gasteiger charge is -2.33. The van der Waals surface area contributed by atoms with Gasteiger partial charge < -0.3 is 20.1 Å². The maximum absolute atomic E-state index is 13.2. The van der Waals surface area contributed by atoms with Gasteiger partial charge in [-0.3, -0.25) is 9.89 Å². The van der Waals surface area contributed by atoms with Crippen molar-refractivity contribution in [3.05, 3.63) is 58.0 Å². The van der Waals surface area contributed by atoms with Gasteiger partial charge in [-0.25, -0.2) is 4.39 Å². The molecule has 0 spiro atoms. The van der Waals surface area contributed by atoms with Crippen molar-refractivity contribution in [2.45, 2.75) is 19.1 Å². The number of methoxy groups -OCH3 is 1. The first-order valence-corrected chi connectivity index (χ1v) is 11.2. The van der Waals surface area contributed by atoms with E-state index in [1.165, 1.54) is 17.0 Å². The van der Waals surface area contributed by atoms with Crippen molar-refractivity contribution in [1.82, 2.24) is 15.5 Å². The van der Waals surface area contributed by atoms with Gasteiger partial charge in [0.25, 0.3) is 0 Å². The third-order valence-electron chi connectivity index (χ3n) is 5.11. The molecule has 2 unspecified atom stereocenters. The summed E-state index contributed by atoms with van der Waals surface area (Å²) in [5.41, 5.74) is 0.923. The first kappa shape index (κ1) is 22.7. The number of nitrogens with one attached hydrogen (secondary N) is 2. The molecule has 0 bridgehead atoms. The summed E-state index contributed by atoms with van der Waals surface area (Å²) in [4.78, 5) is 8.62. The van der Waals surface area contributed by atoms with Crippen LogP contribution in [0.5, 0.6) is 0 Å². The Morgan fingerprint density at radius 1 is 1.23 bits per heavy atom. The van der Waals surface area contributed by atoms with Crippen LogP contribution in [-0.2, 0) is 9.47 Å². The number of halogens is 1. The SMILES string of the molecule is CCNC(=NCC(c1cccs1)N1CCOCC1)NCC(OC)c1ccc(F)cc1.